The van der Waals surface area contributed by atoms with Gasteiger partial charge in [-0.1, -0.05) is 43.3 Å². The Balaban J connectivity index is 1.49. The average Bonchev–Trinajstić information content (AvgIpc) is 3.37. The van der Waals surface area contributed by atoms with Crippen LogP contribution in [0.3, 0.4) is 0 Å². The molecule has 2 aromatic rings. The van der Waals surface area contributed by atoms with Crippen molar-refractivity contribution in [1.29, 1.82) is 0 Å². The van der Waals surface area contributed by atoms with E-state index in [1.54, 1.807) is 0 Å². The maximum Gasteiger partial charge on any atom is 0.0231 e. The van der Waals surface area contributed by atoms with Gasteiger partial charge in [0.05, 0.1) is 0 Å². The van der Waals surface area contributed by atoms with Gasteiger partial charge >= 0.3 is 0 Å². The third-order valence-corrected chi connectivity index (χ3v) is 5.02. The van der Waals surface area contributed by atoms with Crippen molar-refractivity contribution in [3.8, 4) is 0 Å². The molecule has 0 aromatic heterocycles. The van der Waals surface area contributed by atoms with Crippen LogP contribution in [0.15, 0.2) is 53.4 Å². The monoisotopic (exact) mass is 297 g/mol. The fraction of sp³-hybridized carbons (Fsp3) is 0.368. The van der Waals surface area contributed by atoms with Gasteiger partial charge in [-0.15, -0.1) is 11.8 Å². The molecule has 2 aromatic carbocycles. The normalized spacial score (nSPS) is 14.3. The molecule has 21 heavy (non-hydrogen) atoms. The highest BCUT2D eigenvalue weighted by Crippen LogP contribution is 2.24. The Morgan fingerprint density at radius 3 is 2.14 bits per heavy atom. The van der Waals surface area contributed by atoms with E-state index in [0.717, 1.165) is 24.8 Å². The van der Waals surface area contributed by atoms with Crippen LogP contribution in [0.5, 0.6) is 0 Å². The standard InChI is InChI=1S/C19H23NS/c1-2-15-3-5-17(6-4-15)14-21-19-11-7-16(8-12-19)13-20-18-9-10-18/h3-8,11-12,18,20H,2,9-10,13-14H2,1H3. The van der Waals surface area contributed by atoms with E-state index in [9.17, 15) is 0 Å². The van der Waals surface area contributed by atoms with Crippen LogP contribution in [0.2, 0.25) is 0 Å². The quantitative estimate of drug-likeness (QED) is 0.737. The first-order chi connectivity index (χ1) is 10.3. The summed E-state index contributed by atoms with van der Waals surface area (Å²) < 4.78 is 0. The van der Waals surface area contributed by atoms with E-state index in [1.165, 1.54) is 34.4 Å². The molecule has 0 bridgehead atoms. The van der Waals surface area contributed by atoms with Crippen LogP contribution < -0.4 is 5.32 Å². The Hall–Kier alpha value is -1.25. The van der Waals surface area contributed by atoms with Gasteiger partial charge in [-0.25, -0.2) is 0 Å². The minimum Gasteiger partial charge on any atom is -0.310 e. The first-order valence-corrected chi connectivity index (χ1v) is 8.85. The summed E-state index contributed by atoms with van der Waals surface area (Å²) in [7, 11) is 0. The van der Waals surface area contributed by atoms with Crippen LogP contribution in [0.1, 0.15) is 36.5 Å². The van der Waals surface area contributed by atoms with Crippen LogP contribution >= 0.6 is 11.8 Å². The van der Waals surface area contributed by atoms with Gasteiger partial charge in [0.2, 0.25) is 0 Å². The Kier molecular flexibility index (Phi) is 5.00. The number of hydrogen-bond donors (Lipinski definition) is 1. The molecule has 3 rings (SSSR count). The van der Waals surface area contributed by atoms with Gasteiger partial charge in [-0.3, -0.25) is 0 Å². The molecule has 0 radical (unpaired) electrons. The topological polar surface area (TPSA) is 12.0 Å². The van der Waals surface area contributed by atoms with E-state index in [0.29, 0.717) is 0 Å². The molecule has 1 nitrogen and oxygen atoms in total. The fourth-order valence-electron chi connectivity index (χ4n) is 2.29. The van der Waals surface area contributed by atoms with Gasteiger partial charge in [0.1, 0.15) is 0 Å². The molecule has 0 spiro atoms. The largest absolute Gasteiger partial charge is 0.310 e. The van der Waals surface area contributed by atoms with Crippen LogP contribution in [-0.2, 0) is 18.7 Å². The molecule has 0 atom stereocenters. The van der Waals surface area contributed by atoms with Crippen LogP contribution in [0.4, 0.5) is 0 Å². The zero-order valence-electron chi connectivity index (χ0n) is 12.6. The molecule has 1 saturated carbocycles. The van der Waals surface area contributed by atoms with E-state index in [4.69, 9.17) is 0 Å². The molecule has 1 aliphatic carbocycles. The number of benzene rings is 2. The maximum absolute atomic E-state index is 3.55. The van der Waals surface area contributed by atoms with Gasteiger partial charge in [-0.2, -0.15) is 0 Å². The second kappa shape index (κ2) is 7.15. The zero-order chi connectivity index (χ0) is 14.5. The van der Waals surface area contributed by atoms with Crippen molar-refractivity contribution in [2.75, 3.05) is 0 Å². The minimum atomic E-state index is 0.783. The van der Waals surface area contributed by atoms with Crippen molar-refractivity contribution < 1.29 is 0 Å². The van der Waals surface area contributed by atoms with Gasteiger partial charge < -0.3 is 5.32 Å². The van der Waals surface area contributed by atoms with Crippen molar-refractivity contribution in [3.05, 3.63) is 65.2 Å². The van der Waals surface area contributed by atoms with Crippen LogP contribution in [0, 0.1) is 0 Å². The van der Waals surface area contributed by atoms with E-state index in [2.05, 4.69) is 60.8 Å². The molecular weight excluding hydrogens is 274 g/mol. The number of hydrogen-bond acceptors (Lipinski definition) is 2. The molecule has 0 saturated heterocycles. The van der Waals surface area contributed by atoms with Gasteiger partial charge in [-0.05, 0) is 48.1 Å². The average molecular weight is 297 g/mol. The lowest BCUT2D eigenvalue weighted by Crippen LogP contribution is -2.14. The highest BCUT2D eigenvalue weighted by molar-refractivity contribution is 7.98. The summed E-state index contributed by atoms with van der Waals surface area (Å²) in [5.74, 6) is 1.05. The zero-order valence-corrected chi connectivity index (χ0v) is 13.5. The molecule has 2 heteroatoms. The number of nitrogens with one attached hydrogen (secondary N) is 1. The van der Waals surface area contributed by atoms with E-state index >= 15 is 0 Å². The summed E-state index contributed by atoms with van der Waals surface area (Å²) in [5, 5.41) is 3.55. The highest BCUT2D eigenvalue weighted by atomic mass is 32.2. The Morgan fingerprint density at radius 1 is 0.905 bits per heavy atom. The Morgan fingerprint density at radius 2 is 1.52 bits per heavy atom. The number of thioether (sulfide) groups is 1. The minimum absolute atomic E-state index is 0.783. The molecule has 0 amide bonds. The SMILES string of the molecule is CCc1ccc(CSc2ccc(CNC3CC3)cc2)cc1. The lowest BCUT2D eigenvalue weighted by molar-refractivity contribution is 0.687. The lowest BCUT2D eigenvalue weighted by Gasteiger charge is -2.06. The molecule has 1 fully saturated rings. The molecule has 110 valence electrons. The summed E-state index contributed by atoms with van der Waals surface area (Å²) in [6.45, 7) is 3.21. The van der Waals surface area contributed by atoms with Crippen LogP contribution in [-0.4, -0.2) is 6.04 Å². The molecule has 1 N–H and O–H groups in total. The molecular formula is C19H23NS. The highest BCUT2D eigenvalue weighted by Gasteiger charge is 2.19. The molecule has 0 unspecified atom stereocenters. The van der Waals surface area contributed by atoms with Crippen molar-refractivity contribution in [2.24, 2.45) is 0 Å². The van der Waals surface area contributed by atoms with Crippen molar-refractivity contribution in [1.82, 2.24) is 5.32 Å². The maximum atomic E-state index is 3.55. The molecule has 0 aliphatic heterocycles. The first-order valence-electron chi connectivity index (χ1n) is 7.86. The molecule has 0 heterocycles. The lowest BCUT2D eigenvalue weighted by atomic mass is 10.1. The summed E-state index contributed by atoms with van der Waals surface area (Å²) in [4.78, 5) is 1.35. The van der Waals surface area contributed by atoms with Crippen molar-refractivity contribution >= 4 is 11.8 Å². The summed E-state index contributed by atoms with van der Waals surface area (Å²) in [6.07, 6.45) is 3.82. The van der Waals surface area contributed by atoms with Crippen molar-refractivity contribution in [2.45, 2.75) is 49.4 Å². The Bertz CT molecular complexity index is 555. The molecule has 1 aliphatic rings. The van der Waals surface area contributed by atoms with E-state index < -0.39 is 0 Å². The first kappa shape index (κ1) is 14.7. The third kappa shape index (κ3) is 4.62. The summed E-state index contributed by atoms with van der Waals surface area (Å²) >= 11 is 1.91. The van der Waals surface area contributed by atoms with Gasteiger partial charge in [0.15, 0.2) is 0 Å². The second-order valence-corrected chi connectivity index (χ2v) is 6.81. The number of rotatable bonds is 7. The Labute approximate surface area is 132 Å². The number of aryl methyl sites for hydroxylation is 1. The fourth-order valence-corrected chi connectivity index (χ4v) is 3.15. The van der Waals surface area contributed by atoms with E-state index in [1.807, 2.05) is 11.8 Å². The third-order valence-electron chi connectivity index (χ3n) is 3.93. The summed E-state index contributed by atoms with van der Waals surface area (Å²) in [6, 6.07) is 18.7. The predicted molar refractivity (Wildman–Crippen MR) is 91.7 cm³/mol. The van der Waals surface area contributed by atoms with Gasteiger partial charge in [0.25, 0.3) is 0 Å². The second-order valence-electron chi connectivity index (χ2n) is 5.76. The van der Waals surface area contributed by atoms with Crippen LogP contribution in [0.25, 0.3) is 0 Å². The van der Waals surface area contributed by atoms with Gasteiger partial charge in [0, 0.05) is 23.2 Å². The summed E-state index contributed by atoms with van der Waals surface area (Å²) in [5.41, 5.74) is 4.20. The predicted octanol–water partition coefficient (Wildman–Crippen LogP) is 4.79. The van der Waals surface area contributed by atoms with Crippen molar-refractivity contribution in [3.63, 3.8) is 0 Å². The van der Waals surface area contributed by atoms with E-state index in [-0.39, 0.29) is 0 Å². The smallest absolute Gasteiger partial charge is 0.0231 e.